The number of benzene rings is 1. The fraction of sp³-hybridized carbons (Fsp3) is 0.680. The van der Waals surface area contributed by atoms with Crippen molar-refractivity contribution in [3.05, 3.63) is 30.1 Å². The first kappa shape index (κ1) is 21.8. The molecule has 0 bridgehead atoms. The Labute approximate surface area is 189 Å². The Kier molecular flexibility index (Phi) is 5.95. The lowest BCUT2D eigenvalue weighted by atomic mass is 9.78. The number of carbonyl (C=O) groups is 1. The van der Waals surface area contributed by atoms with Gasteiger partial charge < -0.3 is 10.2 Å². The third-order valence-corrected chi connectivity index (χ3v) is 8.12. The first-order valence-corrected chi connectivity index (χ1v) is 12.3. The number of amides is 2. The lowest BCUT2D eigenvalue weighted by molar-refractivity contribution is 0.0893. The molecule has 5 nitrogen and oxygen atoms in total. The standard InChI is InChI=1S/C25H34F2N4O/c1-17-15-25(12-13-30(17)16-18-6-4-7-18)23(28-22-11-3-2-10-21(22)27)29-24(32)31(25)20-9-5-8-19(26)14-20/h5,8-9,14,17-18,21-22H,2-4,6-7,10-13,15-16H2,1H3,(H,28,29,32)/t17-,21+,22+,25?/m0/s1. The van der Waals surface area contributed by atoms with Crippen LogP contribution < -0.4 is 10.2 Å². The number of piperidine rings is 1. The third kappa shape index (κ3) is 3.93. The van der Waals surface area contributed by atoms with Gasteiger partial charge in [-0.3, -0.25) is 4.90 Å². The van der Waals surface area contributed by atoms with E-state index in [-0.39, 0.29) is 23.9 Å². The first-order chi connectivity index (χ1) is 15.5. The van der Waals surface area contributed by atoms with Crippen LogP contribution in [0.3, 0.4) is 0 Å². The van der Waals surface area contributed by atoms with Crippen LogP contribution in [0.2, 0.25) is 0 Å². The van der Waals surface area contributed by atoms with Gasteiger partial charge in [-0.25, -0.2) is 13.6 Å². The predicted octanol–water partition coefficient (Wildman–Crippen LogP) is 5.06. The zero-order chi connectivity index (χ0) is 22.3. The Balaban J connectivity index is 1.44. The Bertz CT molecular complexity index is 888. The zero-order valence-corrected chi connectivity index (χ0v) is 18.9. The van der Waals surface area contributed by atoms with Gasteiger partial charge in [0.25, 0.3) is 0 Å². The highest BCUT2D eigenvalue weighted by atomic mass is 19.1. The molecule has 1 unspecified atom stereocenters. The highest BCUT2D eigenvalue weighted by Gasteiger charge is 2.54. The molecule has 4 aliphatic rings. The van der Waals surface area contributed by atoms with E-state index in [2.05, 4.69) is 22.1 Å². The van der Waals surface area contributed by atoms with Gasteiger partial charge in [0, 0.05) is 24.8 Å². The number of anilines is 1. The molecule has 1 saturated heterocycles. The number of rotatable bonds is 4. The van der Waals surface area contributed by atoms with E-state index in [0.29, 0.717) is 30.8 Å². The van der Waals surface area contributed by atoms with Gasteiger partial charge in [-0.2, -0.15) is 4.99 Å². The molecule has 2 saturated carbocycles. The number of amidine groups is 1. The van der Waals surface area contributed by atoms with Crippen molar-refractivity contribution in [3.8, 4) is 0 Å². The number of nitrogens with zero attached hydrogens (tertiary/aromatic N) is 3. The maximum atomic E-state index is 14.7. The van der Waals surface area contributed by atoms with Crippen molar-refractivity contribution < 1.29 is 13.6 Å². The molecule has 2 aliphatic carbocycles. The number of hydrogen-bond donors (Lipinski definition) is 1. The van der Waals surface area contributed by atoms with Crippen LogP contribution in [0.5, 0.6) is 0 Å². The van der Waals surface area contributed by atoms with Crippen molar-refractivity contribution in [3.63, 3.8) is 0 Å². The fourth-order valence-electron chi connectivity index (χ4n) is 6.07. The maximum absolute atomic E-state index is 14.7. The molecule has 1 spiro atoms. The van der Waals surface area contributed by atoms with Crippen molar-refractivity contribution in [2.24, 2.45) is 10.9 Å². The molecule has 0 aromatic heterocycles. The molecule has 0 radical (unpaired) electrons. The normalized spacial score (nSPS) is 34.0. The van der Waals surface area contributed by atoms with E-state index in [1.807, 2.05) is 0 Å². The van der Waals surface area contributed by atoms with Crippen LogP contribution in [0, 0.1) is 11.7 Å². The highest BCUT2D eigenvalue weighted by molar-refractivity contribution is 6.16. The summed E-state index contributed by atoms with van der Waals surface area (Å²) in [6.07, 6.45) is 7.58. The number of alkyl halides is 1. The van der Waals surface area contributed by atoms with Gasteiger partial charge in [-0.1, -0.05) is 25.3 Å². The maximum Gasteiger partial charge on any atom is 0.350 e. The number of carbonyl (C=O) groups excluding carboxylic acids is 1. The van der Waals surface area contributed by atoms with E-state index < -0.39 is 11.7 Å². The number of halogens is 2. The number of aliphatic imine (C=N–C) groups is 1. The van der Waals surface area contributed by atoms with E-state index in [9.17, 15) is 13.6 Å². The van der Waals surface area contributed by atoms with Crippen LogP contribution in [-0.4, -0.2) is 53.7 Å². The quantitative estimate of drug-likeness (QED) is 0.706. The van der Waals surface area contributed by atoms with Gasteiger partial charge in [0.05, 0.1) is 6.04 Å². The number of likely N-dealkylation sites (tertiary alicyclic amines) is 1. The summed E-state index contributed by atoms with van der Waals surface area (Å²) in [5.74, 6) is 0.978. The van der Waals surface area contributed by atoms with E-state index >= 15 is 0 Å². The van der Waals surface area contributed by atoms with Gasteiger partial charge in [-0.15, -0.1) is 0 Å². The van der Waals surface area contributed by atoms with Crippen LogP contribution in [0.15, 0.2) is 29.3 Å². The molecule has 1 N–H and O–H groups in total. The summed E-state index contributed by atoms with van der Waals surface area (Å²) < 4.78 is 28.8. The number of nitrogens with one attached hydrogen (secondary N) is 1. The number of urea groups is 1. The molecule has 7 heteroatoms. The van der Waals surface area contributed by atoms with E-state index in [0.717, 1.165) is 38.3 Å². The zero-order valence-electron chi connectivity index (χ0n) is 18.9. The minimum Gasteiger partial charge on any atom is -0.366 e. The van der Waals surface area contributed by atoms with E-state index in [4.69, 9.17) is 0 Å². The predicted molar refractivity (Wildman–Crippen MR) is 122 cm³/mol. The van der Waals surface area contributed by atoms with Crippen LogP contribution in [0.25, 0.3) is 0 Å². The van der Waals surface area contributed by atoms with Crippen LogP contribution >= 0.6 is 0 Å². The molecule has 1 aromatic rings. The highest BCUT2D eigenvalue weighted by Crippen LogP contribution is 2.42. The Morgan fingerprint density at radius 2 is 2.00 bits per heavy atom. The fourth-order valence-corrected chi connectivity index (χ4v) is 6.07. The molecule has 4 atom stereocenters. The topological polar surface area (TPSA) is 47.9 Å². The lowest BCUT2D eigenvalue weighted by Gasteiger charge is -2.49. The Morgan fingerprint density at radius 1 is 1.19 bits per heavy atom. The van der Waals surface area contributed by atoms with Gasteiger partial charge in [0.15, 0.2) is 0 Å². The summed E-state index contributed by atoms with van der Waals surface area (Å²) in [5.41, 5.74) is -0.159. The molecule has 2 aliphatic heterocycles. The van der Waals surface area contributed by atoms with Gasteiger partial charge in [0.2, 0.25) is 0 Å². The van der Waals surface area contributed by atoms with Crippen LogP contribution in [0.1, 0.15) is 64.7 Å². The second-order valence-corrected chi connectivity index (χ2v) is 10.2. The van der Waals surface area contributed by atoms with Crippen LogP contribution in [-0.2, 0) is 0 Å². The Hall–Kier alpha value is -2.02. The molecule has 1 aromatic carbocycles. The van der Waals surface area contributed by atoms with Gasteiger partial charge >= 0.3 is 6.03 Å². The monoisotopic (exact) mass is 444 g/mol. The molecular weight excluding hydrogens is 410 g/mol. The third-order valence-electron chi connectivity index (χ3n) is 8.12. The van der Waals surface area contributed by atoms with E-state index in [1.54, 1.807) is 17.0 Å². The average molecular weight is 445 g/mol. The van der Waals surface area contributed by atoms with Gasteiger partial charge in [-0.05, 0) is 69.6 Å². The minimum atomic E-state index is -0.932. The van der Waals surface area contributed by atoms with Gasteiger partial charge in [0.1, 0.15) is 23.4 Å². The SMILES string of the molecule is C[C@H]1CC2(CCN1CC1CCC1)C(N[C@@H]1CCCC[C@H]1F)=NC(=O)N2c1cccc(F)c1. The van der Waals surface area contributed by atoms with Crippen molar-refractivity contribution >= 4 is 17.6 Å². The van der Waals surface area contributed by atoms with Crippen molar-refractivity contribution in [1.82, 2.24) is 10.2 Å². The molecule has 3 fully saturated rings. The summed E-state index contributed by atoms with van der Waals surface area (Å²) in [6.45, 7) is 4.16. The molecule has 5 rings (SSSR count). The molecular formula is C25H34F2N4O. The van der Waals surface area contributed by atoms with Crippen molar-refractivity contribution in [2.75, 3.05) is 18.0 Å². The smallest absolute Gasteiger partial charge is 0.350 e. The molecule has 174 valence electrons. The molecule has 2 heterocycles. The first-order valence-electron chi connectivity index (χ1n) is 12.3. The molecule has 32 heavy (non-hydrogen) atoms. The minimum absolute atomic E-state index is 0.255. The summed E-state index contributed by atoms with van der Waals surface area (Å²) in [7, 11) is 0. The largest absolute Gasteiger partial charge is 0.366 e. The lowest BCUT2D eigenvalue weighted by Crippen LogP contribution is -2.64. The van der Waals surface area contributed by atoms with Crippen molar-refractivity contribution in [1.29, 1.82) is 0 Å². The van der Waals surface area contributed by atoms with E-state index in [1.165, 1.54) is 31.4 Å². The number of hydrogen-bond acceptors (Lipinski definition) is 3. The summed E-state index contributed by atoms with van der Waals surface area (Å²) in [4.78, 5) is 21.8. The summed E-state index contributed by atoms with van der Waals surface area (Å²) in [5, 5.41) is 3.37. The second-order valence-electron chi connectivity index (χ2n) is 10.2. The Morgan fingerprint density at radius 3 is 2.69 bits per heavy atom. The molecule has 2 amide bonds. The summed E-state index contributed by atoms with van der Waals surface area (Å²) in [6, 6.07) is 5.74. The average Bonchev–Trinajstić information content (AvgIpc) is 2.98. The second kappa shape index (κ2) is 8.73. The summed E-state index contributed by atoms with van der Waals surface area (Å²) >= 11 is 0. The van der Waals surface area contributed by atoms with Crippen LogP contribution in [0.4, 0.5) is 19.3 Å². The van der Waals surface area contributed by atoms with Crippen molar-refractivity contribution in [2.45, 2.75) is 88.5 Å².